The fraction of sp³-hybridized carbons (Fsp3) is 0.333. The van der Waals surface area contributed by atoms with Gasteiger partial charge in [0.05, 0.1) is 0 Å². The molecule has 0 aliphatic rings. The van der Waals surface area contributed by atoms with E-state index >= 15 is 0 Å². The second-order valence-electron chi connectivity index (χ2n) is 3.01. The molecule has 1 rings (SSSR count). The molecule has 0 saturated carbocycles. The van der Waals surface area contributed by atoms with Gasteiger partial charge in [-0.1, -0.05) is 43.7 Å². The number of benzene rings is 1. The van der Waals surface area contributed by atoms with Crippen LogP contribution in [0.5, 0.6) is 0 Å². The van der Waals surface area contributed by atoms with E-state index in [1.165, 1.54) is 18.5 Å². The van der Waals surface area contributed by atoms with Crippen LogP contribution in [0.2, 0.25) is 0 Å². The van der Waals surface area contributed by atoms with Crippen LogP contribution in [0.3, 0.4) is 0 Å². The Balaban J connectivity index is 2.20. The summed E-state index contributed by atoms with van der Waals surface area (Å²) in [7, 11) is 0. The Morgan fingerprint density at radius 3 is 2.62 bits per heavy atom. The number of rotatable bonds is 5. The molecule has 1 nitrogen and oxygen atoms in total. The summed E-state index contributed by atoms with van der Waals surface area (Å²) in [4.78, 5) is 0. The highest BCUT2D eigenvalue weighted by molar-refractivity contribution is 5.42. The molecule has 13 heavy (non-hydrogen) atoms. The molecule has 0 fully saturated rings. The Labute approximate surface area is 80.5 Å². The van der Waals surface area contributed by atoms with Crippen molar-refractivity contribution < 1.29 is 0 Å². The first kappa shape index (κ1) is 9.85. The van der Waals surface area contributed by atoms with Crippen LogP contribution in [0.15, 0.2) is 42.5 Å². The molecule has 0 spiro atoms. The van der Waals surface area contributed by atoms with Crippen LogP contribution in [0, 0.1) is 0 Å². The predicted molar refractivity (Wildman–Crippen MR) is 59.0 cm³/mol. The topological polar surface area (TPSA) is 12.0 Å². The van der Waals surface area contributed by atoms with E-state index in [0.717, 1.165) is 6.54 Å². The van der Waals surface area contributed by atoms with Gasteiger partial charge in [0, 0.05) is 12.2 Å². The lowest BCUT2D eigenvalue weighted by molar-refractivity contribution is 0.955. The molecule has 1 N–H and O–H groups in total. The predicted octanol–water partition coefficient (Wildman–Crippen LogP) is 3.45. The Bertz CT molecular complexity index is 239. The summed E-state index contributed by atoms with van der Waals surface area (Å²) in [6, 6.07) is 10.3. The first-order valence-electron chi connectivity index (χ1n) is 4.87. The van der Waals surface area contributed by atoms with Crippen LogP contribution >= 0.6 is 0 Å². The van der Waals surface area contributed by atoms with Crippen molar-refractivity contribution in [1.29, 1.82) is 0 Å². The standard InChI is InChI=1S/C12H17N/c1-2-3-4-8-11-13-12-9-6-5-7-10-12/h4-10,13H,2-3,11H2,1H3. The number of para-hydroxylation sites is 1. The van der Waals surface area contributed by atoms with E-state index in [9.17, 15) is 0 Å². The number of hydrogen-bond donors (Lipinski definition) is 1. The van der Waals surface area contributed by atoms with Crippen LogP contribution in [0.4, 0.5) is 5.69 Å². The fourth-order valence-electron chi connectivity index (χ4n) is 1.10. The highest BCUT2D eigenvalue weighted by atomic mass is 14.8. The number of anilines is 1. The van der Waals surface area contributed by atoms with E-state index in [1.54, 1.807) is 0 Å². The van der Waals surface area contributed by atoms with Crippen molar-refractivity contribution in [2.75, 3.05) is 11.9 Å². The Morgan fingerprint density at radius 1 is 1.15 bits per heavy atom. The van der Waals surface area contributed by atoms with Crippen LogP contribution in [-0.2, 0) is 0 Å². The summed E-state index contributed by atoms with van der Waals surface area (Å²) < 4.78 is 0. The molecule has 0 heterocycles. The third-order valence-corrected chi connectivity index (χ3v) is 1.82. The quantitative estimate of drug-likeness (QED) is 0.676. The van der Waals surface area contributed by atoms with Crippen molar-refractivity contribution in [2.45, 2.75) is 19.8 Å². The van der Waals surface area contributed by atoms with Crippen molar-refractivity contribution >= 4 is 5.69 Å². The van der Waals surface area contributed by atoms with Crippen LogP contribution < -0.4 is 5.32 Å². The van der Waals surface area contributed by atoms with Crippen molar-refractivity contribution in [3.63, 3.8) is 0 Å². The Morgan fingerprint density at radius 2 is 1.92 bits per heavy atom. The van der Waals surface area contributed by atoms with Gasteiger partial charge in [-0.25, -0.2) is 0 Å². The maximum absolute atomic E-state index is 3.32. The summed E-state index contributed by atoms with van der Waals surface area (Å²) >= 11 is 0. The minimum atomic E-state index is 0.921. The first-order chi connectivity index (χ1) is 6.43. The Hall–Kier alpha value is -1.24. The minimum absolute atomic E-state index is 0.921. The van der Waals surface area contributed by atoms with Crippen LogP contribution in [-0.4, -0.2) is 6.54 Å². The maximum atomic E-state index is 3.32. The molecular weight excluding hydrogens is 158 g/mol. The normalized spacial score (nSPS) is 10.5. The van der Waals surface area contributed by atoms with E-state index in [2.05, 4.69) is 36.5 Å². The van der Waals surface area contributed by atoms with E-state index < -0.39 is 0 Å². The van der Waals surface area contributed by atoms with E-state index in [4.69, 9.17) is 0 Å². The van der Waals surface area contributed by atoms with Gasteiger partial charge < -0.3 is 5.32 Å². The largest absolute Gasteiger partial charge is 0.382 e. The third kappa shape index (κ3) is 4.36. The molecule has 0 aromatic heterocycles. The smallest absolute Gasteiger partial charge is 0.0342 e. The molecule has 0 bridgehead atoms. The van der Waals surface area contributed by atoms with Gasteiger partial charge in [-0.15, -0.1) is 0 Å². The summed E-state index contributed by atoms with van der Waals surface area (Å²) in [5.41, 5.74) is 1.18. The Kier molecular flexibility index (Phi) is 4.77. The molecule has 0 saturated heterocycles. The van der Waals surface area contributed by atoms with Crippen molar-refractivity contribution in [3.05, 3.63) is 42.5 Å². The average molecular weight is 175 g/mol. The summed E-state index contributed by atoms with van der Waals surface area (Å²) in [6.07, 6.45) is 6.80. The van der Waals surface area contributed by atoms with Crippen LogP contribution in [0.1, 0.15) is 19.8 Å². The SMILES string of the molecule is CCCC=CCNc1ccccc1. The van der Waals surface area contributed by atoms with E-state index in [0.29, 0.717) is 0 Å². The van der Waals surface area contributed by atoms with Gasteiger partial charge in [0.15, 0.2) is 0 Å². The van der Waals surface area contributed by atoms with E-state index in [1.807, 2.05) is 18.2 Å². The second kappa shape index (κ2) is 6.30. The highest BCUT2D eigenvalue weighted by Gasteiger charge is 1.84. The molecule has 0 radical (unpaired) electrons. The van der Waals surface area contributed by atoms with Crippen molar-refractivity contribution in [1.82, 2.24) is 0 Å². The molecule has 0 amide bonds. The zero-order valence-electron chi connectivity index (χ0n) is 8.16. The molecule has 1 aromatic carbocycles. The molecule has 1 heteroatoms. The van der Waals surface area contributed by atoms with Gasteiger partial charge >= 0.3 is 0 Å². The monoisotopic (exact) mass is 175 g/mol. The second-order valence-corrected chi connectivity index (χ2v) is 3.01. The molecule has 70 valence electrons. The summed E-state index contributed by atoms with van der Waals surface area (Å²) in [5.74, 6) is 0. The minimum Gasteiger partial charge on any atom is -0.382 e. The van der Waals surface area contributed by atoms with Crippen LogP contribution in [0.25, 0.3) is 0 Å². The van der Waals surface area contributed by atoms with Gasteiger partial charge in [-0.05, 0) is 18.6 Å². The first-order valence-corrected chi connectivity index (χ1v) is 4.87. The van der Waals surface area contributed by atoms with Gasteiger partial charge in [0.2, 0.25) is 0 Å². The number of nitrogens with one attached hydrogen (secondary N) is 1. The average Bonchev–Trinajstić information content (AvgIpc) is 2.19. The number of unbranched alkanes of at least 4 members (excludes halogenated alkanes) is 1. The van der Waals surface area contributed by atoms with Crippen molar-refractivity contribution in [2.24, 2.45) is 0 Å². The number of hydrogen-bond acceptors (Lipinski definition) is 1. The fourth-order valence-corrected chi connectivity index (χ4v) is 1.10. The molecule has 0 aliphatic carbocycles. The third-order valence-electron chi connectivity index (χ3n) is 1.82. The number of allylic oxidation sites excluding steroid dienone is 1. The van der Waals surface area contributed by atoms with Gasteiger partial charge in [-0.3, -0.25) is 0 Å². The van der Waals surface area contributed by atoms with Gasteiger partial charge in [-0.2, -0.15) is 0 Å². The van der Waals surface area contributed by atoms with E-state index in [-0.39, 0.29) is 0 Å². The van der Waals surface area contributed by atoms with Gasteiger partial charge in [0.1, 0.15) is 0 Å². The molecule has 0 atom stereocenters. The lowest BCUT2D eigenvalue weighted by Gasteiger charge is -2.01. The molecule has 0 unspecified atom stereocenters. The zero-order chi connectivity index (χ0) is 9.36. The molecule has 0 aliphatic heterocycles. The molecular formula is C12H17N. The highest BCUT2D eigenvalue weighted by Crippen LogP contribution is 2.03. The molecule has 1 aromatic rings. The maximum Gasteiger partial charge on any atom is 0.0342 e. The summed E-state index contributed by atoms with van der Waals surface area (Å²) in [5, 5.41) is 3.32. The lowest BCUT2D eigenvalue weighted by Crippen LogP contribution is -1.96. The summed E-state index contributed by atoms with van der Waals surface area (Å²) in [6.45, 7) is 3.11. The van der Waals surface area contributed by atoms with Gasteiger partial charge in [0.25, 0.3) is 0 Å². The lowest BCUT2D eigenvalue weighted by atomic mass is 10.3. The zero-order valence-corrected chi connectivity index (χ0v) is 8.16. The van der Waals surface area contributed by atoms with Crippen molar-refractivity contribution in [3.8, 4) is 0 Å².